The van der Waals surface area contributed by atoms with Crippen molar-refractivity contribution in [3.63, 3.8) is 0 Å². The first-order valence-electron chi connectivity index (χ1n) is 10.3. The Balaban J connectivity index is 2.31. The number of carboxylic acid groups (broad SMARTS) is 1. The Bertz CT molecular complexity index is 756. The number of likely N-dealkylation sites (tertiary alicyclic amines) is 1. The largest absolute Gasteiger partial charge is 0.465 e. The lowest BCUT2D eigenvalue weighted by atomic mass is 9.86. The molecule has 0 unspecified atom stereocenters. The van der Waals surface area contributed by atoms with Crippen molar-refractivity contribution < 1.29 is 23.9 Å². The van der Waals surface area contributed by atoms with Crippen molar-refractivity contribution in [2.75, 3.05) is 26.3 Å². The van der Waals surface area contributed by atoms with Crippen LogP contribution in [0.2, 0.25) is 18.1 Å². The molecule has 1 aliphatic rings. The molecule has 2 atom stereocenters. The fourth-order valence-electron chi connectivity index (χ4n) is 3.46. The number of rotatable bonds is 6. The molecule has 2 rings (SSSR count). The third-order valence-corrected chi connectivity index (χ3v) is 10.9. The Kier molecular flexibility index (Phi) is 7.17. The van der Waals surface area contributed by atoms with Crippen LogP contribution in [-0.2, 0) is 9.16 Å². The predicted molar refractivity (Wildman–Crippen MR) is 116 cm³/mol. The van der Waals surface area contributed by atoms with Crippen molar-refractivity contribution in [2.24, 2.45) is 5.92 Å². The van der Waals surface area contributed by atoms with Crippen LogP contribution in [-0.4, -0.2) is 56.7 Å². The summed E-state index contributed by atoms with van der Waals surface area (Å²) in [6.07, 6.45) is -0.913. The lowest BCUT2D eigenvalue weighted by Gasteiger charge is -2.37. The van der Waals surface area contributed by atoms with Crippen molar-refractivity contribution in [2.45, 2.75) is 58.7 Å². The second-order valence-electron chi connectivity index (χ2n) is 9.42. The molecule has 1 aromatic rings. The van der Waals surface area contributed by atoms with E-state index in [-0.39, 0.29) is 22.8 Å². The maximum Gasteiger partial charge on any atom is 0.407 e. The van der Waals surface area contributed by atoms with Gasteiger partial charge < -0.3 is 19.2 Å². The Morgan fingerprint density at radius 2 is 1.90 bits per heavy atom. The van der Waals surface area contributed by atoms with Gasteiger partial charge in [0.15, 0.2) is 8.32 Å². The molecular formula is C22H35NO5Si. The highest BCUT2D eigenvalue weighted by atomic mass is 28.4. The molecule has 6 nitrogen and oxygen atoms in total. The molecule has 1 amide bonds. The van der Waals surface area contributed by atoms with E-state index in [2.05, 4.69) is 33.9 Å². The second kappa shape index (κ2) is 8.88. The standard InChI is InChI=1S/C22H35NO5Si/c1-8-27-20(24)16-10-9-15(2)18(11-16)19-13-23(21(25)26)12-17(19)14-28-29(6,7)22(3,4)5/h9-11,17,19H,8,12-14H2,1-7H3,(H,25,26)/t17-,19+/m1/s1. The van der Waals surface area contributed by atoms with Crippen molar-refractivity contribution in [1.29, 1.82) is 0 Å². The monoisotopic (exact) mass is 421 g/mol. The maximum absolute atomic E-state index is 12.2. The van der Waals surface area contributed by atoms with Crippen molar-refractivity contribution >= 4 is 20.4 Å². The summed E-state index contributed by atoms with van der Waals surface area (Å²) in [6.45, 7) is 16.5. The summed E-state index contributed by atoms with van der Waals surface area (Å²) in [7, 11) is -1.95. The Morgan fingerprint density at radius 1 is 1.24 bits per heavy atom. The number of hydrogen-bond acceptors (Lipinski definition) is 4. The summed E-state index contributed by atoms with van der Waals surface area (Å²) in [5.74, 6) is -0.308. The van der Waals surface area contributed by atoms with Crippen molar-refractivity contribution in [3.05, 3.63) is 34.9 Å². The van der Waals surface area contributed by atoms with Crippen LogP contribution >= 0.6 is 0 Å². The molecule has 7 heteroatoms. The second-order valence-corrected chi connectivity index (χ2v) is 14.2. The zero-order chi connectivity index (χ0) is 22.0. The van der Waals surface area contributed by atoms with E-state index in [4.69, 9.17) is 9.16 Å². The number of nitrogens with zero attached hydrogens (tertiary/aromatic N) is 1. The maximum atomic E-state index is 12.2. The first-order valence-corrected chi connectivity index (χ1v) is 13.2. The van der Waals surface area contributed by atoms with E-state index in [0.717, 1.165) is 11.1 Å². The minimum absolute atomic E-state index is 0.00903. The molecule has 1 aliphatic heterocycles. The minimum atomic E-state index is -1.95. The smallest absolute Gasteiger partial charge is 0.407 e. The summed E-state index contributed by atoms with van der Waals surface area (Å²) in [4.78, 5) is 25.3. The topological polar surface area (TPSA) is 76.1 Å². The van der Waals surface area contributed by atoms with Gasteiger partial charge in [-0.15, -0.1) is 0 Å². The molecule has 162 valence electrons. The van der Waals surface area contributed by atoms with Gasteiger partial charge in [-0.1, -0.05) is 26.8 Å². The molecule has 0 saturated carbocycles. The van der Waals surface area contributed by atoms with E-state index in [0.29, 0.717) is 31.9 Å². The first-order chi connectivity index (χ1) is 13.4. The highest BCUT2D eigenvalue weighted by Crippen LogP contribution is 2.40. The zero-order valence-corrected chi connectivity index (χ0v) is 19.7. The fraction of sp³-hybridized carbons (Fsp3) is 0.636. The van der Waals surface area contributed by atoms with Crippen molar-refractivity contribution in [3.8, 4) is 0 Å². The molecule has 0 aromatic heterocycles. The molecule has 1 heterocycles. The molecule has 29 heavy (non-hydrogen) atoms. The Hall–Kier alpha value is -1.86. The highest BCUT2D eigenvalue weighted by molar-refractivity contribution is 6.74. The summed E-state index contributed by atoms with van der Waals surface area (Å²) < 4.78 is 11.6. The van der Waals surface area contributed by atoms with Gasteiger partial charge in [-0.25, -0.2) is 9.59 Å². The Labute approximate surface area is 175 Å². The number of aryl methyl sites for hydroxylation is 1. The van der Waals surface area contributed by atoms with Gasteiger partial charge in [-0.2, -0.15) is 0 Å². The summed E-state index contributed by atoms with van der Waals surface area (Å²) in [5.41, 5.74) is 2.56. The van der Waals surface area contributed by atoms with Crippen LogP contribution in [0.25, 0.3) is 0 Å². The van der Waals surface area contributed by atoms with Crippen LogP contribution in [0.4, 0.5) is 4.79 Å². The van der Waals surface area contributed by atoms with Gasteiger partial charge in [0.25, 0.3) is 0 Å². The highest BCUT2D eigenvalue weighted by Gasteiger charge is 2.41. The summed E-state index contributed by atoms with van der Waals surface area (Å²) in [6, 6.07) is 5.54. The lowest BCUT2D eigenvalue weighted by molar-refractivity contribution is 0.0526. The van der Waals surface area contributed by atoms with Gasteiger partial charge in [-0.05, 0) is 55.2 Å². The van der Waals surface area contributed by atoms with Crippen LogP contribution in [0.1, 0.15) is 55.1 Å². The molecule has 1 fully saturated rings. The van der Waals surface area contributed by atoms with Crippen LogP contribution in [0, 0.1) is 12.8 Å². The van der Waals surface area contributed by atoms with E-state index in [1.54, 1.807) is 13.0 Å². The van der Waals surface area contributed by atoms with Crippen LogP contribution in [0.5, 0.6) is 0 Å². The molecular weight excluding hydrogens is 386 g/mol. The van der Waals surface area contributed by atoms with Gasteiger partial charge in [0.2, 0.25) is 0 Å². The average Bonchev–Trinajstić information content (AvgIpc) is 3.04. The van der Waals surface area contributed by atoms with Gasteiger partial charge in [0, 0.05) is 31.5 Å². The molecule has 1 saturated heterocycles. The quantitative estimate of drug-likeness (QED) is 0.523. The normalized spacial score (nSPS) is 20.0. The SMILES string of the molecule is CCOC(=O)c1ccc(C)c([C@H]2CN(C(=O)O)C[C@@H]2CO[Si](C)(C)C(C)(C)C)c1. The number of carbonyl (C=O) groups excluding carboxylic acids is 1. The Morgan fingerprint density at radius 3 is 2.45 bits per heavy atom. The zero-order valence-electron chi connectivity index (χ0n) is 18.7. The number of carbonyl (C=O) groups is 2. The third-order valence-electron chi connectivity index (χ3n) is 6.37. The first kappa shape index (κ1) is 23.4. The number of amides is 1. The predicted octanol–water partition coefficient (Wildman–Crippen LogP) is 4.89. The number of benzene rings is 1. The molecule has 1 aromatic carbocycles. The summed E-state index contributed by atoms with van der Waals surface area (Å²) >= 11 is 0. The van der Waals surface area contributed by atoms with Gasteiger partial charge >= 0.3 is 12.1 Å². The van der Waals surface area contributed by atoms with Crippen LogP contribution < -0.4 is 0 Å². The molecule has 0 spiro atoms. The number of hydrogen-bond donors (Lipinski definition) is 1. The van der Waals surface area contributed by atoms with E-state index in [1.165, 1.54) is 4.90 Å². The van der Waals surface area contributed by atoms with E-state index >= 15 is 0 Å². The van der Waals surface area contributed by atoms with Gasteiger partial charge in [0.05, 0.1) is 12.2 Å². The van der Waals surface area contributed by atoms with Crippen LogP contribution in [0.15, 0.2) is 18.2 Å². The average molecular weight is 422 g/mol. The van der Waals surface area contributed by atoms with E-state index < -0.39 is 14.4 Å². The molecule has 0 aliphatic carbocycles. The minimum Gasteiger partial charge on any atom is -0.465 e. The number of ether oxygens (including phenoxy) is 1. The summed E-state index contributed by atoms with van der Waals surface area (Å²) in [5, 5.41) is 9.65. The lowest BCUT2D eigenvalue weighted by Crippen LogP contribution is -2.42. The van der Waals surface area contributed by atoms with E-state index in [1.807, 2.05) is 19.1 Å². The van der Waals surface area contributed by atoms with E-state index in [9.17, 15) is 14.7 Å². The molecule has 1 N–H and O–H groups in total. The molecule has 0 radical (unpaired) electrons. The van der Waals surface area contributed by atoms with Crippen molar-refractivity contribution in [1.82, 2.24) is 4.90 Å². The van der Waals surface area contributed by atoms with Gasteiger partial charge in [0.1, 0.15) is 0 Å². The number of esters is 1. The molecule has 0 bridgehead atoms. The third kappa shape index (κ3) is 5.39. The van der Waals surface area contributed by atoms with Gasteiger partial charge in [-0.3, -0.25) is 0 Å². The fourth-order valence-corrected chi connectivity index (χ4v) is 4.53. The van der Waals surface area contributed by atoms with Crippen LogP contribution in [0.3, 0.4) is 0 Å².